The molecular weight excluding hydrogens is 357 g/mol. The highest BCUT2D eigenvalue weighted by molar-refractivity contribution is 7.16. The third-order valence-corrected chi connectivity index (χ3v) is 4.15. The molecule has 0 atom stereocenters. The van der Waals surface area contributed by atoms with E-state index in [-0.39, 0.29) is 5.69 Å². The van der Waals surface area contributed by atoms with E-state index in [1.165, 1.54) is 18.3 Å². The van der Waals surface area contributed by atoms with E-state index in [0.717, 1.165) is 23.5 Å². The molecule has 3 aromatic rings. The Morgan fingerprint density at radius 1 is 1.15 bits per heavy atom. The van der Waals surface area contributed by atoms with Gasteiger partial charge in [0.25, 0.3) is 5.91 Å². The Morgan fingerprint density at radius 2 is 1.92 bits per heavy atom. The van der Waals surface area contributed by atoms with Gasteiger partial charge in [0, 0.05) is 18.1 Å². The van der Waals surface area contributed by atoms with Crippen molar-refractivity contribution in [1.29, 1.82) is 0 Å². The van der Waals surface area contributed by atoms with E-state index in [2.05, 4.69) is 32.2 Å². The first-order valence-electron chi connectivity index (χ1n) is 7.34. The number of hydrogen-bond donors (Lipinski definition) is 2. The number of nitrogens with zero attached hydrogens (tertiary/aromatic N) is 3. The smallest absolute Gasteiger partial charge is 0.267 e. The van der Waals surface area contributed by atoms with Crippen molar-refractivity contribution in [3.63, 3.8) is 0 Å². The maximum Gasteiger partial charge on any atom is 0.267 e. The van der Waals surface area contributed by atoms with E-state index in [4.69, 9.17) is 0 Å². The fourth-order valence-corrected chi connectivity index (χ4v) is 2.73. The third-order valence-electron chi connectivity index (χ3n) is 3.15. The lowest BCUT2D eigenvalue weighted by molar-refractivity contribution is -0.111. The van der Waals surface area contributed by atoms with E-state index >= 15 is 0 Å². The standard InChI is InChI=1S/C17H12FN5O2S/c1-2-14(24)23-12-8-10(4-5-11(12)18)22-16(25)13-9-21-17(26-13)15-19-6-3-7-20-15/h2-9H,1H2,(H,22,25)(H,23,24). The van der Waals surface area contributed by atoms with Crippen LogP contribution in [0.5, 0.6) is 0 Å². The molecule has 0 aliphatic carbocycles. The maximum atomic E-state index is 13.7. The Labute approximate surface area is 151 Å². The van der Waals surface area contributed by atoms with Gasteiger partial charge < -0.3 is 10.6 Å². The van der Waals surface area contributed by atoms with Gasteiger partial charge in [-0.25, -0.2) is 19.3 Å². The van der Waals surface area contributed by atoms with E-state index in [9.17, 15) is 14.0 Å². The first kappa shape index (κ1) is 17.4. The molecule has 2 aromatic heterocycles. The molecule has 2 amide bonds. The number of aromatic nitrogens is 3. The van der Waals surface area contributed by atoms with Crippen LogP contribution in [0.2, 0.25) is 0 Å². The largest absolute Gasteiger partial charge is 0.321 e. The van der Waals surface area contributed by atoms with Gasteiger partial charge in [0.15, 0.2) is 10.8 Å². The topological polar surface area (TPSA) is 96.9 Å². The van der Waals surface area contributed by atoms with Crippen LogP contribution in [-0.2, 0) is 4.79 Å². The predicted molar refractivity (Wildman–Crippen MR) is 96.3 cm³/mol. The molecular formula is C17H12FN5O2S. The van der Waals surface area contributed by atoms with Gasteiger partial charge in [-0.05, 0) is 30.3 Å². The van der Waals surface area contributed by atoms with Gasteiger partial charge in [0.05, 0.1) is 11.9 Å². The maximum absolute atomic E-state index is 13.7. The first-order chi connectivity index (χ1) is 12.6. The molecule has 0 saturated heterocycles. The lowest BCUT2D eigenvalue weighted by Crippen LogP contribution is -2.12. The van der Waals surface area contributed by atoms with Gasteiger partial charge in [0.2, 0.25) is 5.91 Å². The molecule has 1 aromatic carbocycles. The van der Waals surface area contributed by atoms with Crippen LogP contribution in [0.25, 0.3) is 10.8 Å². The summed E-state index contributed by atoms with van der Waals surface area (Å²) in [6.45, 7) is 3.30. The zero-order valence-corrected chi connectivity index (χ0v) is 14.1. The summed E-state index contributed by atoms with van der Waals surface area (Å²) in [5.74, 6) is -1.17. The number of amides is 2. The van der Waals surface area contributed by atoms with E-state index < -0.39 is 17.6 Å². The third kappa shape index (κ3) is 3.95. The molecule has 3 rings (SSSR count). The summed E-state index contributed by atoms with van der Waals surface area (Å²) >= 11 is 1.13. The molecule has 9 heteroatoms. The molecule has 0 fully saturated rings. The number of benzene rings is 1. The van der Waals surface area contributed by atoms with Gasteiger partial charge in [-0.2, -0.15) is 0 Å². The number of rotatable bonds is 5. The summed E-state index contributed by atoms with van der Waals surface area (Å²) in [6, 6.07) is 5.53. The van der Waals surface area contributed by atoms with Gasteiger partial charge >= 0.3 is 0 Å². The van der Waals surface area contributed by atoms with E-state index in [0.29, 0.717) is 21.4 Å². The Hall–Kier alpha value is -3.46. The highest BCUT2D eigenvalue weighted by Crippen LogP contribution is 2.24. The van der Waals surface area contributed by atoms with Crippen molar-refractivity contribution >= 4 is 34.5 Å². The van der Waals surface area contributed by atoms with Crippen LogP contribution in [0.15, 0.2) is 55.5 Å². The van der Waals surface area contributed by atoms with Crippen molar-refractivity contribution < 1.29 is 14.0 Å². The second-order valence-electron chi connectivity index (χ2n) is 4.94. The number of thiazole rings is 1. The minimum Gasteiger partial charge on any atom is -0.321 e. The van der Waals surface area contributed by atoms with E-state index in [1.54, 1.807) is 18.5 Å². The van der Waals surface area contributed by atoms with Crippen LogP contribution >= 0.6 is 11.3 Å². The molecule has 0 unspecified atom stereocenters. The van der Waals surface area contributed by atoms with Gasteiger partial charge in [-0.1, -0.05) is 6.58 Å². The minimum absolute atomic E-state index is 0.0598. The monoisotopic (exact) mass is 369 g/mol. The van der Waals surface area contributed by atoms with Gasteiger partial charge in [-0.15, -0.1) is 11.3 Å². The minimum atomic E-state index is -0.625. The molecule has 0 spiro atoms. The predicted octanol–water partition coefficient (Wildman–Crippen LogP) is 3.12. The SMILES string of the molecule is C=CC(=O)Nc1cc(NC(=O)c2cnc(-c3ncccn3)s2)ccc1F. The molecule has 0 saturated carbocycles. The Balaban J connectivity index is 1.76. The summed E-state index contributed by atoms with van der Waals surface area (Å²) < 4.78 is 13.7. The second kappa shape index (κ2) is 7.62. The Bertz CT molecular complexity index is 974. The number of nitrogens with one attached hydrogen (secondary N) is 2. The molecule has 130 valence electrons. The Morgan fingerprint density at radius 3 is 2.65 bits per heavy atom. The quantitative estimate of drug-likeness (QED) is 0.674. The molecule has 0 bridgehead atoms. The van der Waals surface area contributed by atoms with Crippen molar-refractivity contribution in [2.24, 2.45) is 0 Å². The Kier molecular flexibility index (Phi) is 5.09. The van der Waals surface area contributed by atoms with Crippen LogP contribution in [0, 0.1) is 5.82 Å². The number of hydrogen-bond acceptors (Lipinski definition) is 6. The normalized spacial score (nSPS) is 10.2. The molecule has 0 aliphatic rings. The summed E-state index contributed by atoms with van der Waals surface area (Å²) in [6.07, 6.45) is 5.60. The summed E-state index contributed by atoms with van der Waals surface area (Å²) in [4.78, 5) is 36.3. The lowest BCUT2D eigenvalue weighted by Gasteiger charge is -2.08. The van der Waals surface area contributed by atoms with Crippen LogP contribution in [0.4, 0.5) is 15.8 Å². The highest BCUT2D eigenvalue weighted by atomic mass is 32.1. The number of anilines is 2. The van der Waals surface area contributed by atoms with Crippen LogP contribution in [0.3, 0.4) is 0 Å². The summed E-state index contributed by atoms with van der Waals surface area (Å²) in [7, 11) is 0. The number of carbonyl (C=O) groups excluding carboxylic acids is 2. The van der Waals surface area contributed by atoms with E-state index in [1.807, 2.05) is 0 Å². The van der Waals surface area contributed by atoms with Crippen LogP contribution in [0.1, 0.15) is 9.67 Å². The zero-order valence-electron chi connectivity index (χ0n) is 13.3. The summed E-state index contributed by atoms with van der Waals surface area (Å²) in [5, 5.41) is 5.47. The van der Waals surface area contributed by atoms with Crippen molar-refractivity contribution in [1.82, 2.24) is 15.0 Å². The highest BCUT2D eigenvalue weighted by Gasteiger charge is 2.14. The molecule has 2 heterocycles. The molecule has 0 aliphatic heterocycles. The molecule has 2 N–H and O–H groups in total. The molecule has 0 radical (unpaired) electrons. The molecule has 26 heavy (non-hydrogen) atoms. The molecule has 7 nitrogen and oxygen atoms in total. The lowest BCUT2D eigenvalue weighted by atomic mass is 10.2. The van der Waals surface area contributed by atoms with Crippen molar-refractivity contribution in [3.8, 4) is 10.8 Å². The average molecular weight is 369 g/mol. The van der Waals surface area contributed by atoms with Crippen LogP contribution in [-0.4, -0.2) is 26.8 Å². The van der Waals surface area contributed by atoms with Crippen molar-refractivity contribution in [2.75, 3.05) is 10.6 Å². The van der Waals surface area contributed by atoms with Crippen LogP contribution < -0.4 is 10.6 Å². The van der Waals surface area contributed by atoms with Crippen molar-refractivity contribution in [2.45, 2.75) is 0 Å². The fourth-order valence-electron chi connectivity index (χ4n) is 1.97. The van der Waals surface area contributed by atoms with Gasteiger partial charge in [-0.3, -0.25) is 9.59 Å². The zero-order chi connectivity index (χ0) is 18.5. The first-order valence-corrected chi connectivity index (χ1v) is 8.16. The van der Waals surface area contributed by atoms with Crippen molar-refractivity contribution in [3.05, 3.63) is 66.2 Å². The summed E-state index contributed by atoms with van der Waals surface area (Å²) in [5.41, 5.74) is 0.261. The number of halogens is 1. The number of carbonyl (C=O) groups is 2. The van der Waals surface area contributed by atoms with Gasteiger partial charge in [0.1, 0.15) is 10.7 Å². The fraction of sp³-hybridized carbons (Fsp3) is 0. The second-order valence-corrected chi connectivity index (χ2v) is 5.97. The average Bonchev–Trinajstić information content (AvgIpc) is 3.15.